The van der Waals surface area contributed by atoms with Crippen molar-refractivity contribution in [1.29, 1.82) is 0 Å². The Morgan fingerprint density at radius 2 is 1.73 bits per heavy atom. The van der Waals surface area contributed by atoms with Gasteiger partial charge in [-0.25, -0.2) is 22.6 Å². The second kappa shape index (κ2) is 9.65. The van der Waals surface area contributed by atoms with Crippen molar-refractivity contribution in [2.75, 3.05) is 6.61 Å². The number of carbonyl (C=O) groups excluding carboxylic acids is 1. The monoisotopic (exact) mass is 481 g/mol. The molecule has 1 aromatic heterocycles. The molecule has 3 rings (SSSR count). The molecule has 0 aliphatic rings. The van der Waals surface area contributed by atoms with Crippen molar-refractivity contribution < 1.29 is 31.1 Å². The van der Waals surface area contributed by atoms with E-state index in [1.54, 1.807) is 29.0 Å². The number of aryl methyl sites for hydroxylation is 1. The molecule has 0 aliphatic heterocycles. The highest BCUT2D eigenvalue weighted by Gasteiger charge is 2.35. The van der Waals surface area contributed by atoms with E-state index in [4.69, 9.17) is 4.74 Å². The van der Waals surface area contributed by atoms with Crippen LogP contribution in [0, 0.1) is 6.92 Å². The fraction of sp³-hybridized carbons (Fsp3) is 0.273. The first-order valence-corrected chi connectivity index (χ1v) is 11.5. The molecule has 1 amide bonds. The van der Waals surface area contributed by atoms with Crippen LogP contribution in [0.2, 0.25) is 0 Å². The molecule has 2 aromatic carbocycles. The number of amides is 1. The van der Waals surface area contributed by atoms with Crippen LogP contribution in [0.4, 0.5) is 18.0 Å². The molecule has 11 heteroatoms. The Morgan fingerprint density at radius 3 is 2.30 bits per heavy atom. The molecular formula is C22H22F3N3O4S. The summed E-state index contributed by atoms with van der Waals surface area (Å²) < 4.78 is 72.4. The van der Waals surface area contributed by atoms with E-state index in [2.05, 4.69) is 5.10 Å². The number of nitrogens with zero attached hydrogens (tertiary/aromatic N) is 2. The molecule has 0 saturated heterocycles. The van der Waals surface area contributed by atoms with Gasteiger partial charge in [0, 0.05) is 5.56 Å². The van der Waals surface area contributed by atoms with Gasteiger partial charge >= 0.3 is 12.3 Å². The van der Waals surface area contributed by atoms with Gasteiger partial charge in [-0.1, -0.05) is 43.2 Å². The predicted molar refractivity (Wildman–Crippen MR) is 115 cm³/mol. The van der Waals surface area contributed by atoms with E-state index in [1.807, 2.05) is 13.8 Å². The number of benzene rings is 2. The normalized spacial score (nSPS) is 11.9. The van der Waals surface area contributed by atoms with E-state index in [0.29, 0.717) is 12.0 Å². The summed E-state index contributed by atoms with van der Waals surface area (Å²) in [5, 5.41) is 3.69. The molecule has 0 unspecified atom stereocenters. The lowest BCUT2D eigenvalue weighted by Crippen LogP contribution is -2.31. The van der Waals surface area contributed by atoms with Gasteiger partial charge < -0.3 is 4.74 Å². The summed E-state index contributed by atoms with van der Waals surface area (Å²) in [6.45, 7) is 3.83. The lowest BCUT2D eigenvalue weighted by molar-refractivity contribution is -0.141. The van der Waals surface area contributed by atoms with Crippen molar-refractivity contribution in [3.8, 4) is 16.9 Å². The highest BCUT2D eigenvalue weighted by Crippen LogP contribution is 2.33. The second-order valence-corrected chi connectivity index (χ2v) is 8.96. The van der Waals surface area contributed by atoms with Crippen molar-refractivity contribution in [2.45, 2.75) is 37.8 Å². The molecule has 0 radical (unpaired) electrons. The molecule has 1 N–H and O–H groups in total. The predicted octanol–water partition coefficient (Wildman–Crippen LogP) is 5.08. The molecule has 0 spiro atoms. The van der Waals surface area contributed by atoms with Gasteiger partial charge in [0.05, 0.1) is 22.9 Å². The fourth-order valence-electron chi connectivity index (χ4n) is 2.92. The summed E-state index contributed by atoms with van der Waals surface area (Å²) in [5.41, 5.74) is 0.778. The lowest BCUT2D eigenvalue weighted by Gasteiger charge is -2.10. The van der Waals surface area contributed by atoms with Crippen molar-refractivity contribution in [3.05, 3.63) is 65.9 Å². The highest BCUT2D eigenvalue weighted by molar-refractivity contribution is 7.90. The van der Waals surface area contributed by atoms with Crippen LogP contribution in [0.1, 0.15) is 31.0 Å². The molecule has 33 heavy (non-hydrogen) atoms. The Balaban J connectivity index is 1.92. The molecule has 1 heterocycles. The Morgan fingerprint density at radius 1 is 1.09 bits per heavy atom. The smallest absolute Gasteiger partial charge is 0.435 e. The van der Waals surface area contributed by atoms with Gasteiger partial charge in [-0.3, -0.25) is 0 Å². The molecule has 0 atom stereocenters. The van der Waals surface area contributed by atoms with Gasteiger partial charge in [0.1, 0.15) is 0 Å². The number of sulfonamides is 1. The number of nitrogens with one attached hydrogen (secondary N) is 1. The number of hydrogen-bond acceptors (Lipinski definition) is 5. The van der Waals surface area contributed by atoms with E-state index < -0.39 is 28.0 Å². The summed E-state index contributed by atoms with van der Waals surface area (Å²) in [6.07, 6.45) is -4.39. The molecule has 0 bridgehead atoms. The quantitative estimate of drug-likeness (QED) is 0.475. The van der Waals surface area contributed by atoms with Crippen LogP contribution in [-0.4, -0.2) is 30.9 Å². The molecule has 0 saturated carbocycles. The van der Waals surface area contributed by atoms with Crippen LogP contribution in [0.15, 0.2) is 59.5 Å². The average molecular weight is 481 g/mol. The number of aromatic nitrogens is 2. The standard InChI is InChI=1S/C22H22F3N3O4S/c1-3-4-13-32-21(29)27-33(30,31)18-11-9-17(10-12-18)28-19(14-20(26-28)22(23,24)25)16-7-5-15(2)6-8-16/h5-12,14H,3-4,13H2,1-2H3,(H,27,29). The van der Waals surface area contributed by atoms with Crippen molar-refractivity contribution in [3.63, 3.8) is 0 Å². The first kappa shape index (κ1) is 24.3. The number of ether oxygens (including phenoxy) is 1. The summed E-state index contributed by atoms with van der Waals surface area (Å²) in [6, 6.07) is 12.8. The molecule has 0 aliphatic carbocycles. The minimum Gasteiger partial charge on any atom is -0.449 e. The third kappa shape index (κ3) is 5.92. The van der Waals surface area contributed by atoms with Crippen molar-refractivity contribution >= 4 is 16.1 Å². The van der Waals surface area contributed by atoms with Gasteiger partial charge in [0.15, 0.2) is 5.69 Å². The third-order valence-electron chi connectivity index (χ3n) is 4.69. The van der Waals surface area contributed by atoms with Crippen molar-refractivity contribution in [1.82, 2.24) is 14.5 Å². The van der Waals surface area contributed by atoms with E-state index in [1.165, 1.54) is 24.3 Å². The van der Waals surface area contributed by atoms with Gasteiger partial charge in [-0.15, -0.1) is 0 Å². The molecular weight excluding hydrogens is 459 g/mol. The van der Waals surface area contributed by atoms with Crippen LogP contribution >= 0.6 is 0 Å². The van der Waals surface area contributed by atoms with Crippen molar-refractivity contribution in [2.24, 2.45) is 0 Å². The molecule has 0 fully saturated rings. The zero-order valence-corrected chi connectivity index (χ0v) is 18.7. The van der Waals surface area contributed by atoms with E-state index in [9.17, 15) is 26.4 Å². The lowest BCUT2D eigenvalue weighted by atomic mass is 10.1. The van der Waals surface area contributed by atoms with Crippen LogP contribution in [0.25, 0.3) is 16.9 Å². The van der Waals surface area contributed by atoms with E-state index >= 15 is 0 Å². The SMILES string of the molecule is CCCCOC(=O)NS(=O)(=O)c1ccc(-n2nc(C(F)(F)F)cc2-c2ccc(C)cc2)cc1. The molecule has 3 aromatic rings. The molecule has 176 valence electrons. The zero-order valence-electron chi connectivity index (χ0n) is 17.9. The minimum absolute atomic E-state index is 0.0828. The summed E-state index contributed by atoms with van der Waals surface area (Å²) in [5.74, 6) is 0. The van der Waals surface area contributed by atoms with Crippen LogP contribution in [-0.2, 0) is 20.9 Å². The number of carbonyl (C=O) groups is 1. The highest BCUT2D eigenvalue weighted by atomic mass is 32.2. The number of unbranched alkanes of at least 4 members (excludes halogenated alkanes) is 1. The van der Waals surface area contributed by atoms with Crippen LogP contribution in [0.5, 0.6) is 0 Å². The summed E-state index contributed by atoms with van der Waals surface area (Å²) in [7, 11) is -4.21. The third-order valence-corrected chi connectivity index (χ3v) is 6.02. The summed E-state index contributed by atoms with van der Waals surface area (Å²) in [4.78, 5) is 11.4. The Hall–Kier alpha value is -3.34. The van der Waals surface area contributed by atoms with Gasteiger partial charge in [0.2, 0.25) is 0 Å². The fourth-order valence-corrected chi connectivity index (χ4v) is 3.81. The minimum atomic E-state index is -4.66. The number of alkyl halides is 3. The summed E-state index contributed by atoms with van der Waals surface area (Å²) >= 11 is 0. The maximum absolute atomic E-state index is 13.3. The average Bonchev–Trinajstić information content (AvgIpc) is 3.20. The molecule has 7 nitrogen and oxygen atoms in total. The topological polar surface area (TPSA) is 90.3 Å². The van der Waals surface area contributed by atoms with Gasteiger partial charge in [0.25, 0.3) is 10.0 Å². The Labute approximate surface area is 189 Å². The van der Waals surface area contributed by atoms with E-state index in [-0.39, 0.29) is 22.9 Å². The number of hydrogen-bond donors (Lipinski definition) is 1. The van der Waals surface area contributed by atoms with E-state index in [0.717, 1.165) is 22.7 Å². The second-order valence-electron chi connectivity index (χ2n) is 7.28. The Bertz CT molecular complexity index is 1220. The maximum Gasteiger partial charge on any atom is 0.435 e. The first-order valence-electron chi connectivity index (χ1n) is 10.1. The zero-order chi connectivity index (χ0) is 24.2. The number of halogens is 3. The maximum atomic E-state index is 13.3. The van der Waals surface area contributed by atoms with Gasteiger partial charge in [-0.05, 0) is 43.7 Å². The van der Waals surface area contributed by atoms with Crippen LogP contribution in [0.3, 0.4) is 0 Å². The van der Waals surface area contributed by atoms with Gasteiger partial charge in [-0.2, -0.15) is 18.3 Å². The largest absolute Gasteiger partial charge is 0.449 e. The first-order chi connectivity index (χ1) is 15.5. The number of rotatable bonds is 7. The van der Waals surface area contributed by atoms with Crippen LogP contribution < -0.4 is 4.72 Å². The Kier molecular flexibility index (Phi) is 7.11.